The Kier molecular flexibility index (Phi) is 6.32. The third-order valence-electron chi connectivity index (χ3n) is 3.84. The monoisotopic (exact) mass is 412 g/mol. The van der Waals surface area contributed by atoms with Gasteiger partial charge in [-0.1, -0.05) is 6.07 Å². The van der Waals surface area contributed by atoms with Gasteiger partial charge in [-0.05, 0) is 61.7 Å². The predicted molar refractivity (Wildman–Crippen MR) is 99.0 cm³/mol. The van der Waals surface area contributed by atoms with Gasteiger partial charge in [-0.3, -0.25) is 4.79 Å². The number of carbonyl (C=O) groups is 2. The van der Waals surface area contributed by atoms with Crippen molar-refractivity contribution in [2.45, 2.75) is 45.3 Å². The lowest BCUT2D eigenvalue weighted by atomic mass is 10.0. The number of methoxy groups -OCH3 is 1. The molecule has 2 rings (SSSR count). The van der Waals surface area contributed by atoms with E-state index >= 15 is 0 Å². The maximum absolute atomic E-state index is 12.8. The summed E-state index contributed by atoms with van der Waals surface area (Å²) < 4.78 is 11.2. The second kappa shape index (κ2) is 8.08. The molecule has 2 amide bonds. The van der Waals surface area contributed by atoms with Crippen molar-refractivity contribution in [2.75, 3.05) is 20.2 Å². The van der Waals surface area contributed by atoms with Crippen molar-refractivity contribution in [1.82, 2.24) is 10.2 Å². The minimum Gasteiger partial charge on any atom is -0.496 e. The van der Waals surface area contributed by atoms with Crippen LogP contribution in [-0.4, -0.2) is 48.7 Å². The summed E-state index contributed by atoms with van der Waals surface area (Å²) in [6.07, 6.45) is 1.20. The van der Waals surface area contributed by atoms with Crippen LogP contribution in [-0.2, 0) is 4.74 Å². The molecule has 1 saturated heterocycles. The van der Waals surface area contributed by atoms with Crippen LogP contribution in [0.5, 0.6) is 5.75 Å². The Hall–Kier alpha value is -1.76. The van der Waals surface area contributed by atoms with Crippen LogP contribution >= 0.6 is 15.9 Å². The van der Waals surface area contributed by atoms with Crippen molar-refractivity contribution < 1.29 is 19.1 Å². The van der Waals surface area contributed by atoms with Gasteiger partial charge < -0.3 is 19.7 Å². The Morgan fingerprint density at radius 3 is 2.68 bits per heavy atom. The molecule has 1 heterocycles. The number of benzene rings is 1. The molecule has 0 radical (unpaired) electrons. The van der Waals surface area contributed by atoms with Gasteiger partial charge in [-0.25, -0.2) is 4.79 Å². The highest BCUT2D eigenvalue weighted by Crippen LogP contribution is 2.29. The number of nitrogens with zero attached hydrogens (tertiary/aromatic N) is 1. The van der Waals surface area contributed by atoms with E-state index in [1.54, 1.807) is 30.2 Å². The number of halogens is 1. The Labute approximate surface area is 157 Å². The van der Waals surface area contributed by atoms with Gasteiger partial charge in [0.1, 0.15) is 11.4 Å². The van der Waals surface area contributed by atoms with Crippen molar-refractivity contribution in [2.24, 2.45) is 0 Å². The number of hydrogen-bond acceptors (Lipinski definition) is 4. The number of hydrogen-bond donors (Lipinski definition) is 1. The SMILES string of the molecule is COc1cccc(C(=O)N2CCCC(NC(=O)OC(C)(C)C)C2)c1Br. The van der Waals surface area contributed by atoms with Crippen LogP contribution in [0.1, 0.15) is 44.0 Å². The summed E-state index contributed by atoms with van der Waals surface area (Å²) in [6.45, 7) is 6.59. The van der Waals surface area contributed by atoms with Crippen LogP contribution < -0.4 is 10.1 Å². The minimum absolute atomic E-state index is 0.0820. The van der Waals surface area contributed by atoms with Crippen molar-refractivity contribution in [3.63, 3.8) is 0 Å². The number of nitrogens with one attached hydrogen (secondary N) is 1. The van der Waals surface area contributed by atoms with E-state index in [0.717, 1.165) is 12.8 Å². The normalized spacial score (nSPS) is 17.8. The number of alkyl carbamates (subject to hydrolysis) is 1. The molecule has 1 fully saturated rings. The summed E-state index contributed by atoms with van der Waals surface area (Å²) >= 11 is 3.43. The van der Waals surface area contributed by atoms with Crippen molar-refractivity contribution in [1.29, 1.82) is 0 Å². The molecule has 1 aromatic carbocycles. The zero-order valence-corrected chi connectivity index (χ0v) is 16.7. The number of likely N-dealkylation sites (tertiary alicyclic amines) is 1. The predicted octanol–water partition coefficient (Wildman–Crippen LogP) is 3.59. The van der Waals surface area contributed by atoms with E-state index < -0.39 is 11.7 Å². The molecule has 25 heavy (non-hydrogen) atoms. The van der Waals surface area contributed by atoms with Gasteiger partial charge in [0.2, 0.25) is 0 Å². The summed E-state index contributed by atoms with van der Waals surface area (Å²) in [7, 11) is 1.57. The molecule has 1 atom stereocenters. The van der Waals surface area contributed by atoms with E-state index in [1.165, 1.54) is 0 Å². The molecule has 1 N–H and O–H groups in total. The van der Waals surface area contributed by atoms with Crippen LogP contribution in [0.3, 0.4) is 0 Å². The molecule has 1 unspecified atom stereocenters. The first kappa shape index (κ1) is 19.6. The molecule has 1 aromatic rings. The number of carbonyl (C=O) groups excluding carboxylic acids is 2. The fourth-order valence-electron chi connectivity index (χ4n) is 2.76. The molecule has 0 saturated carbocycles. The van der Waals surface area contributed by atoms with Crippen LogP contribution in [0.15, 0.2) is 22.7 Å². The summed E-state index contributed by atoms with van der Waals surface area (Å²) in [6, 6.07) is 5.23. The maximum Gasteiger partial charge on any atom is 0.407 e. The third-order valence-corrected chi connectivity index (χ3v) is 4.66. The first-order chi connectivity index (χ1) is 11.7. The van der Waals surface area contributed by atoms with E-state index in [4.69, 9.17) is 9.47 Å². The molecule has 7 heteroatoms. The molecule has 0 bridgehead atoms. The van der Waals surface area contributed by atoms with E-state index in [1.807, 2.05) is 20.8 Å². The van der Waals surface area contributed by atoms with Crippen LogP contribution in [0, 0.1) is 0 Å². The van der Waals surface area contributed by atoms with Crippen molar-refractivity contribution >= 4 is 27.9 Å². The van der Waals surface area contributed by atoms with Crippen molar-refractivity contribution in [3.05, 3.63) is 28.2 Å². The zero-order valence-electron chi connectivity index (χ0n) is 15.1. The fourth-order valence-corrected chi connectivity index (χ4v) is 3.35. The first-order valence-corrected chi connectivity index (χ1v) is 9.12. The minimum atomic E-state index is -0.542. The quantitative estimate of drug-likeness (QED) is 0.823. The lowest BCUT2D eigenvalue weighted by Crippen LogP contribution is -2.50. The van der Waals surface area contributed by atoms with Crippen LogP contribution in [0.25, 0.3) is 0 Å². The smallest absolute Gasteiger partial charge is 0.407 e. The highest BCUT2D eigenvalue weighted by Gasteiger charge is 2.28. The van der Waals surface area contributed by atoms with Gasteiger partial charge in [-0.15, -0.1) is 0 Å². The van der Waals surface area contributed by atoms with Gasteiger partial charge in [0.25, 0.3) is 5.91 Å². The zero-order chi connectivity index (χ0) is 18.6. The molecular formula is C18H25BrN2O4. The van der Waals surface area contributed by atoms with Gasteiger partial charge in [0, 0.05) is 19.1 Å². The Morgan fingerprint density at radius 2 is 2.04 bits per heavy atom. The summed E-state index contributed by atoms with van der Waals surface area (Å²) in [5.74, 6) is 0.535. The Bertz CT molecular complexity index is 642. The average molecular weight is 413 g/mol. The number of rotatable bonds is 3. The van der Waals surface area contributed by atoms with E-state index in [0.29, 0.717) is 28.9 Å². The second-order valence-electron chi connectivity index (χ2n) is 7.06. The molecular weight excluding hydrogens is 388 g/mol. The molecule has 138 valence electrons. The van der Waals surface area contributed by atoms with Crippen molar-refractivity contribution in [3.8, 4) is 5.75 Å². The van der Waals surface area contributed by atoms with E-state index in [2.05, 4.69) is 21.2 Å². The number of ether oxygens (including phenoxy) is 2. The lowest BCUT2D eigenvalue weighted by molar-refractivity contribution is 0.0452. The average Bonchev–Trinajstić information content (AvgIpc) is 2.53. The molecule has 1 aliphatic rings. The topological polar surface area (TPSA) is 67.9 Å². The van der Waals surface area contributed by atoms with E-state index in [9.17, 15) is 9.59 Å². The van der Waals surface area contributed by atoms with E-state index in [-0.39, 0.29) is 11.9 Å². The molecule has 0 aromatic heterocycles. The standard InChI is InChI=1S/C18H25BrN2O4/c1-18(2,3)25-17(23)20-12-7-6-10-21(11-12)16(22)13-8-5-9-14(24-4)15(13)19/h5,8-9,12H,6-7,10-11H2,1-4H3,(H,20,23). The Balaban J connectivity index is 2.03. The lowest BCUT2D eigenvalue weighted by Gasteiger charge is -2.34. The number of piperidine rings is 1. The van der Waals surface area contributed by atoms with Gasteiger partial charge >= 0.3 is 6.09 Å². The van der Waals surface area contributed by atoms with Gasteiger partial charge in [0.05, 0.1) is 17.1 Å². The summed E-state index contributed by atoms with van der Waals surface area (Å²) in [5, 5.41) is 2.86. The Morgan fingerprint density at radius 1 is 1.32 bits per heavy atom. The highest BCUT2D eigenvalue weighted by atomic mass is 79.9. The molecule has 1 aliphatic heterocycles. The summed E-state index contributed by atoms with van der Waals surface area (Å²) in [5.41, 5.74) is 0.0111. The van der Waals surface area contributed by atoms with Crippen LogP contribution in [0.4, 0.5) is 4.79 Å². The third kappa shape index (κ3) is 5.36. The largest absolute Gasteiger partial charge is 0.496 e. The maximum atomic E-state index is 12.8. The van der Waals surface area contributed by atoms with Gasteiger partial charge in [-0.2, -0.15) is 0 Å². The molecule has 0 aliphatic carbocycles. The fraction of sp³-hybridized carbons (Fsp3) is 0.556. The molecule has 0 spiro atoms. The van der Waals surface area contributed by atoms with Gasteiger partial charge in [0.15, 0.2) is 0 Å². The number of amides is 2. The highest BCUT2D eigenvalue weighted by molar-refractivity contribution is 9.10. The van der Waals surface area contributed by atoms with Crippen LogP contribution in [0.2, 0.25) is 0 Å². The second-order valence-corrected chi connectivity index (χ2v) is 7.85. The summed E-state index contributed by atoms with van der Waals surface area (Å²) in [4.78, 5) is 26.6. The molecule has 6 nitrogen and oxygen atoms in total. The first-order valence-electron chi connectivity index (χ1n) is 8.32.